The largest absolute Gasteiger partial charge is 0.481 e. The zero-order valence-electron chi connectivity index (χ0n) is 10.8. The van der Waals surface area contributed by atoms with Crippen LogP contribution in [0.2, 0.25) is 5.02 Å². The van der Waals surface area contributed by atoms with Gasteiger partial charge in [0.05, 0.1) is 5.92 Å². The SMILES string of the molecule is O=C(O)[C@H]1CCN(C(=O)CCc2cc(Cl)ccc2Br)C1. The molecule has 1 aliphatic heterocycles. The lowest BCUT2D eigenvalue weighted by atomic mass is 10.1. The van der Waals surface area contributed by atoms with Crippen molar-refractivity contribution in [2.45, 2.75) is 19.3 Å². The summed E-state index contributed by atoms with van der Waals surface area (Å²) >= 11 is 9.36. The van der Waals surface area contributed by atoms with Crippen LogP contribution < -0.4 is 0 Å². The molecular formula is C14H15BrClNO3. The van der Waals surface area contributed by atoms with Gasteiger partial charge >= 0.3 is 5.97 Å². The number of aryl methyl sites for hydroxylation is 1. The van der Waals surface area contributed by atoms with Crippen molar-refractivity contribution in [3.05, 3.63) is 33.3 Å². The van der Waals surface area contributed by atoms with Crippen LogP contribution in [-0.4, -0.2) is 35.0 Å². The molecule has 1 atom stereocenters. The Morgan fingerprint density at radius 2 is 2.20 bits per heavy atom. The van der Waals surface area contributed by atoms with E-state index in [0.717, 1.165) is 10.0 Å². The fourth-order valence-electron chi connectivity index (χ4n) is 2.32. The molecule has 1 fully saturated rings. The van der Waals surface area contributed by atoms with E-state index in [2.05, 4.69) is 15.9 Å². The number of rotatable bonds is 4. The Hall–Kier alpha value is -1.07. The molecule has 4 nitrogen and oxygen atoms in total. The Labute approximate surface area is 130 Å². The average Bonchev–Trinajstić information content (AvgIpc) is 2.89. The third-order valence-electron chi connectivity index (χ3n) is 3.51. The quantitative estimate of drug-likeness (QED) is 0.898. The second-order valence-electron chi connectivity index (χ2n) is 4.90. The zero-order valence-corrected chi connectivity index (χ0v) is 13.2. The topological polar surface area (TPSA) is 57.6 Å². The molecule has 20 heavy (non-hydrogen) atoms. The summed E-state index contributed by atoms with van der Waals surface area (Å²) in [5.41, 5.74) is 0.986. The van der Waals surface area contributed by atoms with Gasteiger partial charge in [0.25, 0.3) is 0 Å². The number of carboxylic acid groups (broad SMARTS) is 1. The predicted octanol–water partition coefficient (Wildman–Crippen LogP) is 2.97. The second kappa shape index (κ2) is 6.59. The fourth-order valence-corrected chi connectivity index (χ4v) is 2.96. The Balaban J connectivity index is 1.90. The van der Waals surface area contributed by atoms with E-state index in [1.807, 2.05) is 12.1 Å². The van der Waals surface area contributed by atoms with Crippen molar-refractivity contribution >= 4 is 39.4 Å². The minimum absolute atomic E-state index is 0.000579. The summed E-state index contributed by atoms with van der Waals surface area (Å²) < 4.78 is 0.930. The monoisotopic (exact) mass is 359 g/mol. The highest BCUT2D eigenvalue weighted by Gasteiger charge is 2.30. The lowest BCUT2D eigenvalue weighted by molar-refractivity contribution is -0.141. The van der Waals surface area contributed by atoms with Gasteiger partial charge in [-0.25, -0.2) is 0 Å². The van der Waals surface area contributed by atoms with Crippen LogP contribution in [0, 0.1) is 5.92 Å². The maximum Gasteiger partial charge on any atom is 0.308 e. The molecule has 1 aromatic rings. The van der Waals surface area contributed by atoms with Crippen molar-refractivity contribution in [1.29, 1.82) is 0 Å². The van der Waals surface area contributed by atoms with Gasteiger partial charge in [0.2, 0.25) is 5.91 Å². The molecule has 1 saturated heterocycles. The van der Waals surface area contributed by atoms with Crippen LogP contribution in [0.3, 0.4) is 0 Å². The summed E-state index contributed by atoms with van der Waals surface area (Å²) in [6.07, 6.45) is 1.50. The van der Waals surface area contributed by atoms with Crippen molar-refractivity contribution in [1.82, 2.24) is 4.90 Å². The summed E-state index contributed by atoms with van der Waals surface area (Å²) in [6.45, 7) is 0.859. The number of hydrogen-bond acceptors (Lipinski definition) is 2. The standard InChI is InChI=1S/C14H15BrClNO3/c15-12-3-2-11(16)7-9(12)1-4-13(18)17-6-5-10(8-17)14(19)20/h2-3,7,10H,1,4-6,8H2,(H,19,20)/t10-/m0/s1. The van der Waals surface area contributed by atoms with Gasteiger partial charge in [-0.3, -0.25) is 9.59 Å². The number of amides is 1. The molecule has 0 spiro atoms. The van der Waals surface area contributed by atoms with Gasteiger partial charge in [0.15, 0.2) is 0 Å². The van der Waals surface area contributed by atoms with E-state index >= 15 is 0 Å². The Morgan fingerprint density at radius 3 is 2.85 bits per heavy atom. The first-order chi connectivity index (χ1) is 9.47. The third kappa shape index (κ3) is 3.73. The summed E-state index contributed by atoms with van der Waals surface area (Å²) in [5, 5.41) is 9.57. The number of likely N-dealkylation sites (tertiary alicyclic amines) is 1. The van der Waals surface area contributed by atoms with E-state index in [-0.39, 0.29) is 5.91 Å². The number of aliphatic carboxylic acids is 1. The van der Waals surface area contributed by atoms with E-state index in [9.17, 15) is 9.59 Å². The van der Waals surface area contributed by atoms with Crippen LogP contribution in [-0.2, 0) is 16.0 Å². The van der Waals surface area contributed by atoms with Crippen LogP contribution in [0.25, 0.3) is 0 Å². The van der Waals surface area contributed by atoms with Gasteiger partial charge in [0, 0.05) is 29.0 Å². The molecule has 0 radical (unpaired) electrons. The van der Waals surface area contributed by atoms with Crippen molar-refractivity contribution in [2.24, 2.45) is 5.92 Å². The summed E-state index contributed by atoms with van der Waals surface area (Å²) in [7, 11) is 0. The lowest BCUT2D eigenvalue weighted by Crippen LogP contribution is -2.30. The van der Waals surface area contributed by atoms with E-state index in [1.165, 1.54) is 0 Å². The van der Waals surface area contributed by atoms with Crippen molar-refractivity contribution in [2.75, 3.05) is 13.1 Å². The van der Waals surface area contributed by atoms with Crippen LogP contribution in [0.4, 0.5) is 0 Å². The number of hydrogen-bond donors (Lipinski definition) is 1. The second-order valence-corrected chi connectivity index (χ2v) is 6.19. The molecule has 0 aliphatic carbocycles. The molecule has 1 aliphatic rings. The first-order valence-electron chi connectivity index (χ1n) is 6.42. The average molecular weight is 361 g/mol. The minimum Gasteiger partial charge on any atom is -0.481 e. The lowest BCUT2D eigenvalue weighted by Gasteiger charge is -2.16. The molecule has 0 saturated carbocycles. The van der Waals surface area contributed by atoms with Crippen LogP contribution >= 0.6 is 27.5 Å². The Bertz CT molecular complexity index is 535. The Kier molecular flexibility index (Phi) is 5.05. The van der Waals surface area contributed by atoms with Crippen LogP contribution in [0.1, 0.15) is 18.4 Å². The maximum absolute atomic E-state index is 12.1. The molecule has 108 valence electrons. The van der Waals surface area contributed by atoms with Gasteiger partial charge < -0.3 is 10.0 Å². The smallest absolute Gasteiger partial charge is 0.308 e. The zero-order chi connectivity index (χ0) is 14.7. The van der Waals surface area contributed by atoms with Crippen molar-refractivity contribution < 1.29 is 14.7 Å². The first-order valence-corrected chi connectivity index (χ1v) is 7.59. The highest BCUT2D eigenvalue weighted by Crippen LogP contribution is 2.23. The number of carboxylic acids is 1. The van der Waals surface area contributed by atoms with Crippen LogP contribution in [0.15, 0.2) is 22.7 Å². The number of benzene rings is 1. The molecule has 0 unspecified atom stereocenters. The van der Waals surface area contributed by atoms with Gasteiger partial charge in [-0.2, -0.15) is 0 Å². The number of nitrogens with zero attached hydrogens (tertiary/aromatic N) is 1. The molecule has 0 aromatic heterocycles. The van der Waals surface area contributed by atoms with E-state index in [1.54, 1.807) is 11.0 Å². The minimum atomic E-state index is -0.821. The first kappa shape index (κ1) is 15.3. The molecule has 1 heterocycles. The molecule has 1 aromatic carbocycles. The number of carbonyl (C=O) groups is 2. The summed E-state index contributed by atoms with van der Waals surface area (Å²) in [6, 6.07) is 5.48. The van der Waals surface area contributed by atoms with Crippen LogP contribution in [0.5, 0.6) is 0 Å². The summed E-state index contributed by atoms with van der Waals surface area (Å²) in [4.78, 5) is 24.6. The molecule has 1 N–H and O–H groups in total. The van der Waals surface area contributed by atoms with E-state index < -0.39 is 11.9 Å². The number of carbonyl (C=O) groups excluding carboxylic acids is 1. The predicted molar refractivity (Wildman–Crippen MR) is 79.8 cm³/mol. The molecule has 0 bridgehead atoms. The molecule has 1 amide bonds. The number of halogens is 2. The van der Waals surface area contributed by atoms with Crippen molar-refractivity contribution in [3.8, 4) is 0 Å². The molecular weight excluding hydrogens is 346 g/mol. The normalized spacial score (nSPS) is 18.3. The summed E-state index contributed by atoms with van der Waals surface area (Å²) in [5.74, 6) is -1.24. The maximum atomic E-state index is 12.1. The fraction of sp³-hybridized carbons (Fsp3) is 0.429. The highest BCUT2D eigenvalue weighted by atomic mass is 79.9. The molecule has 6 heteroatoms. The highest BCUT2D eigenvalue weighted by molar-refractivity contribution is 9.10. The van der Waals surface area contributed by atoms with Gasteiger partial charge in [0.1, 0.15) is 0 Å². The van der Waals surface area contributed by atoms with Gasteiger partial charge in [-0.05, 0) is 36.6 Å². The Morgan fingerprint density at radius 1 is 1.45 bits per heavy atom. The van der Waals surface area contributed by atoms with Crippen molar-refractivity contribution in [3.63, 3.8) is 0 Å². The van der Waals surface area contributed by atoms with E-state index in [4.69, 9.17) is 16.7 Å². The molecule has 2 rings (SSSR count). The van der Waals surface area contributed by atoms with E-state index in [0.29, 0.717) is 37.4 Å². The third-order valence-corrected chi connectivity index (χ3v) is 4.51. The van der Waals surface area contributed by atoms with Gasteiger partial charge in [-0.15, -0.1) is 0 Å². The van der Waals surface area contributed by atoms with Gasteiger partial charge in [-0.1, -0.05) is 27.5 Å².